The van der Waals surface area contributed by atoms with Crippen LogP contribution in [0.15, 0.2) is 40.4 Å². The molecule has 0 saturated carbocycles. The third-order valence-corrected chi connectivity index (χ3v) is 3.98. The number of thiazole rings is 1. The number of hydrogen-bond acceptors (Lipinski definition) is 4. The minimum atomic E-state index is -0.214. The highest BCUT2D eigenvalue weighted by Gasteiger charge is 2.10. The fourth-order valence-electron chi connectivity index (χ4n) is 1.83. The Morgan fingerprint density at radius 2 is 2.35 bits per heavy atom. The zero-order valence-corrected chi connectivity index (χ0v) is 12.6. The second kappa shape index (κ2) is 5.26. The number of rotatable bonds is 3. The van der Waals surface area contributed by atoms with Crippen LogP contribution in [-0.2, 0) is 11.2 Å². The van der Waals surface area contributed by atoms with Gasteiger partial charge in [-0.3, -0.25) is 9.20 Å². The van der Waals surface area contributed by atoms with Crippen molar-refractivity contribution in [3.63, 3.8) is 0 Å². The number of carbonyl (C=O) groups is 1. The SMILES string of the molecule is O=C(Cc1cn2ccsc2n1)Nc1ccc(Br)cc1O. The fourth-order valence-corrected chi connectivity index (χ4v) is 2.90. The Kier molecular flexibility index (Phi) is 3.45. The molecule has 0 atom stereocenters. The van der Waals surface area contributed by atoms with Gasteiger partial charge >= 0.3 is 0 Å². The van der Waals surface area contributed by atoms with Crippen LogP contribution in [0.3, 0.4) is 0 Å². The molecule has 7 heteroatoms. The summed E-state index contributed by atoms with van der Waals surface area (Å²) in [5.41, 5.74) is 1.09. The van der Waals surface area contributed by atoms with E-state index in [2.05, 4.69) is 26.2 Å². The van der Waals surface area contributed by atoms with Crippen molar-refractivity contribution in [2.24, 2.45) is 0 Å². The van der Waals surface area contributed by atoms with E-state index in [0.717, 1.165) is 9.43 Å². The molecule has 102 valence electrons. The van der Waals surface area contributed by atoms with E-state index in [0.29, 0.717) is 11.4 Å². The van der Waals surface area contributed by atoms with E-state index in [1.807, 2.05) is 22.2 Å². The average molecular weight is 352 g/mol. The molecule has 0 bridgehead atoms. The van der Waals surface area contributed by atoms with Crippen molar-refractivity contribution in [1.29, 1.82) is 0 Å². The summed E-state index contributed by atoms with van der Waals surface area (Å²) in [6.45, 7) is 0. The third kappa shape index (κ3) is 2.68. The van der Waals surface area contributed by atoms with Gasteiger partial charge in [-0.25, -0.2) is 4.98 Å². The van der Waals surface area contributed by atoms with Gasteiger partial charge in [0.2, 0.25) is 5.91 Å². The number of aromatic nitrogens is 2. The third-order valence-electron chi connectivity index (χ3n) is 2.72. The van der Waals surface area contributed by atoms with Gasteiger partial charge in [0.15, 0.2) is 4.96 Å². The molecule has 3 aromatic rings. The molecule has 2 heterocycles. The Bertz CT molecular complexity index is 752. The lowest BCUT2D eigenvalue weighted by Crippen LogP contribution is -2.14. The highest BCUT2D eigenvalue weighted by Crippen LogP contribution is 2.26. The Hall–Kier alpha value is -1.86. The number of fused-ring (bicyclic) bond motifs is 1. The Labute approximate surface area is 127 Å². The number of halogens is 1. The Balaban J connectivity index is 1.71. The topological polar surface area (TPSA) is 66.6 Å². The summed E-state index contributed by atoms with van der Waals surface area (Å²) in [7, 11) is 0. The van der Waals surface area contributed by atoms with E-state index in [-0.39, 0.29) is 18.1 Å². The lowest BCUT2D eigenvalue weighted by atomic mass is 10.2. The van der Waals surface area contributed by atoms with Gasteiger partial charge in [-0.15, -0.1) is 11.3 Å². The second-order valence-electron chi connectivity index (χ2n) is 4.21. The molecule has 0 fully saturated rings. The molecular weight excluding hydrogens is 342 g/mol. The zero-order valence-electron chi connectivity index (χ0n) is 10.2. The first kappa shape index (κ1) is 13.1. The van der Waals surface area contributed by atoms with Crippen LogP contribution < -0.4 is 5.32 Å². The Morgan fingerprint density at radius 3 is 3.10 bits per heavy atom. The number of hydrogen-bond donors (Lipinski definition) is 2. The number of phenolic OH excluding ortho intramolecular Hbond substituents is 1. The summed E-state index contributed by atoms with van der Waals surface area (Å²) >= 11 is 4.77. The number of phenols is 1. The van der Waals surface area contributed by atoms with Crippen molar-refractivity contribution in [3.05, 3.63) is 46.1 Å². The lowest BCUT2D eigenvalue weighted by molar-refractivity contribution is -0.115. The van der Waals surface area contributed by atoms with E-state index in [1.54, 1.807) is 12.1 Å². The van der Waals surface area contributed by atoms with Crippen molar-refractivity contribution < 1.29 is 9.90 Å². The van der Waals surface area contributed by atoms with Crippen molar-refractivity contribution in [2.75, 3.05) is 5.32 Å². The number of nitrogens with zero attached hydrogens (tertiary/aromatic N) is 2. The number of amides is 1. The smallest absolute Gasteiger partial charge is 0.230 e. The molecule has 20 heavy (non-hydrogen) atoms. The second-order valence-corrected chi connectivity index (χ2v) is 6.00. The number of benzene rings is 1. The van der Waals surface area contributed by atoms with Gasteiger partial charge in [0.25, 0.3) is 0 Å². The summed E-state index contributed by atoms with van der Waals surface area (Å²) in [4.78, 5) is 17.1. The highest BCUT2D eigenvalue weighted by molar-refractivity contribution is 9.10. The highest BCUT2D eigenvalue weighted by atomic mass is 79.9. The van der Waals surface area contributed by atoms with E-state index in [9.17, 15) is 9.90 Å². The lowest BCUT2D eigenvalue weighted by Gasteiger charge is -2.06. The molecule has 0 unspecified atom stereocenters. The largest absolute Gasteiger partial charge is 0.506 e. The summed E-state index contributed by atoms with van der Waals surface area (Å²) < 4.78 is 2.63. The monoisotopic (exact) mass is 351 g/mol. The summed E-state index contributed by atoms with van der Waals surface area (Å²) in [5.74, 6) is -0.188. The summed E-state index contributed by atoms with van der Waals surface area (Å²) in [5, 5.41) is 14.3. The first-order valence-electron chi connectivity index (χ1n) is 5.81. The van der Waals surface area contributed by atoms with Gasteiger partial charge < -0.3 is 10.4 Å². The van der Waals surface area contributed by atoms with Crippen molar-refractivity contribution in [1.82, 2.24) is 9.38 Å². The minimum Gasteiger partial charge on any atom is -0.506 e. The maximum Gasteiger partial charge on any atom is 0.230 e. The van der Waals surface area contributed by atoms with Crippen LogP contribution in [0, 0.1) is 0 Å². The first-order chi connectivity index (χ1) is 9.61. The van der Waals surface area contributed by atoms with Crippen LogP contribution >= 0.6 is 27.3 Å². The number of aromatic hydroxyl groups is 1. The van der Waals surface area contributed by atoms with Gasteiger partial charge in [-0.05, 0) is 18.2 Å². The molecule has 0 aliphatic rings. The van der Waals surface area contributed by atoms with Crippen LogP contribution in [0.25, 0.3) is 4.96 Å². The molecule has 1 aromatic carbocycles. The molecule has 3 rings (SSSR count). The maximum atomic E-state index is 11.9. The van der Waals surface area contributed by atoms with Crippen LogP contribution in [-0.4, -0.2) is 20.4 Å². The van der Waals surface area contributed by atoms with Crippen LogP contribution in [0.2, 0.25) is 0 Å². The standard InChI is InChI=1S/C13H10BrN3O2S/c14-8-1-2-10(11(18)5-8)16-12(19)6-9-7-17-3-4-20-13(17)15-9/h1-5,7,18H,6H2,(H,16,19). The van der Waals surface area contributed by atoms with E-state index >= 15 is 0 Å². The van der Waals surface area contributed by atoms with E-state index in [4.69, 9.17) is 0 Å². The Morgan fingerprint density at radius 1 is 1.50 bits per heavy atom. The maximum absolute atomic E-state index is 11.9. The summed E-state index contributed by atoms with van der Waals surface area (Å²) in [6.07, 6.45) is 3.89. The quantitative estimate of drug-likeness (QED) is 0.712. The molecule has 0 aliphatic heterocycles. The number of carbonyl (C=O) groups excluding carboxylic acids is 1. The molecule has 1 amide bonds. The first-order valence-corrected chi connectivity index (χ1v) is 7.48. The molecule has 0 saturated heterocycles. The van der Waals surface area contributed by atoms with E-state index < -0.39 is 0 Å². The van der Waals surface area contributed by atoms with Gasteiger partial charge in [0.05, 0.1) is 17.8 Å². The molecule has 2 aromatic heterocycles. The van der Waals surface area contributed by atoms with Crippen molar-refractivity contribution in [2.45, 2.75) is 6.42 Å². The van der Waals surface area contributed by atoms with Gasteiger partial charge in [-0.2, -0.15) is 0 Å². The van der Waals surface area contributed by atoms with Gasteiger partial charge in [0, 0.05) is 22.2 Å². The minimum absolute atomic E-state index is 0.0264. The van der Waals surface area contributed by atoms with Crippen molar-refractivity contribution in [3.8, 4) is 5.75 Å². The van der Waals surface area contributed by atoms with Crippen LogP contribution in [0.5, 0.6) is 5.75 Å². The zero-order chi connectivity index (χ0) is 14.1. The van der Waals surface area contributed by atoms with E-state index in [1.165, 1.54) is 17.4 Å². The predicted octanol–water partition coefficient (Wildman–Crippen LogP) is 3.05. The van der Waals surface area contributed by atoms with Gasteiger partial charge in [0.1, 0.15) is 5.75 Å². The molecule has 5 nitrogen and oxygen atoms in total. The number of nitrogens with one attached hydrogen (secondary N) is 1. The molecule has 2 N–H and O–H groups in total. The number of anilines is 1. The summed E-state index contributed by atoms with van der Waals surface area (Å²) in [6, 6.07) is 4.92. The molecule has 0 spiro atoms. The molecule has 0 radical (unpaired) electrons. The molecular formula is C13H10BrN3O2S. The van der Waals surface area contributed by atoms with Crippen LogP contribution in [0.1, 0.15) is 5.69 Å². The predicted molar refractivity (Wildman–Crippen MR) is 81.2 cm³/mol. The fraction of sp³-hybridized carbons (Fsp3) is 0.0769. The average Bonchev–Trinajstić information content (AvgIpc) is 2.93. The van der Waals surface area contributed by atoms with Crippen LogP contribution in [0.4, 0.5) is 5.69 Å². The molecule has 0 aliphatic carbocycles. The normalized spacial score (nSPS) is 10.8. The number of imidazole rings is 1. The van der Waals surface area contributed by atoms with Crippen molar-refractivity contribution >= 4 is 43.8 Å². The van der Waals surface area contributed by atoms with Gasteiger partial charge in [-0.1, -0.05) is 15.9 Å².